The van der Waals surface area contributed by atoms with Gasteiger partial charge in [0.15, 0.2) is 0 Å². The molecule has 4 nitrogen and oxygen atoms in total. The van der Waals surface area contributed by atoms with Crippen LogP contribution in [0.2, 0.25) is 0 Å². The number of carbonyl (C=O) groups is 2. The molecule has 5 heteroatoms. The molecule has 0 heterocycles. The van der Waals surface area contributed by atoms with Crippen molar-refractivity contribution in [1.29, 1.82) is 0 Å². The summed E-state index contributed by atoms with van der Waals surface area (Å²) in [6.45, 7) is 0. The molecule has 13 heavy (non-hydrogen) atoms. The van der Waals surface area contributed by atoms with Crippen molar-refractivity contribution < 1.29 is 24.2 Å². The van der Waals surface area contributed by atoms with Gasteiger partial charge in [0.1, 0.15) is 5.92 Å². The third-order valence-electron chi connectivity index (χ3n) is 1.80. The molecule has 0 fully saturated rings. The summed E-state index contributed by atoms with van der Waals surface area (Å²) in [4.78, 5) is 21.0. The Morgan fingerprint density at radius 3 is 2.31 bits per heavy atom. The van der Waals surface area contributed by atoms with Crippen LogP contribution in [-0.4, -0.2) is 27.8 Å². The van der Waals surface area contributed by atoms with E-state index >= 15 is 0 Å². The molecule has 1 rings (SSSR count). The summed E-state index contributed by atoms with van der Waals surface area (Å²) in [5.41, 5.74) is -2.83. The van der Waals surface area contributed by atoms with E-state index in [1.807, 2.05) is 0 Å². The zero-order chi connectivity index (χ0) is 10.1. The van der Waals surface area contributed by atoms with E-state index in [-0.39, 0.29) is 0 Å². The quantitative estimate of drug-likeness (QED) is 0.662. The van der Waals surface area contributed by atoms with E-state index in [0.29, 0.717) is 0 Å². The second kappa shape index (κ2) is 3.01. The lowest BCUT2D eigenvalue weighted by Gasteiger charge is -2.23. The first-order valence-electron chi connectivity index (χ1n) is 3.49. The van der Waals surface area contributed by atoms with E-state index in [1.165, 1.54) is 12.2 Å². The van der Waals surface area contributed by atoms with Gasteiger partial charge in [-0.05, 0) is 6.08 Å². The minimum absolute atomic E-state index is 0.730. The standard InChI is InChI=1S/C8H7FO4/c9-8(7(12)13)4-2-1-3-5(8)6(10)11/h1-5H,(H,10,11)(H,12,13). The summed E-state index contributed by atoms with van der Waals surface area (Å²) in [6.07, 6.45) is 4.22. The Morgan fingerprint density at radius 1 is 1.31 bits per heavy atom. The van der Waals surface area contributed by atoms with Gasteiger partial charge in [-0.3, -0.25) is 4.79 Å². The second-order valence-electron chi connectivity index (χ2n) is 2.63. The fourth-order valence-corrected chi connectivity index (χ4v) is 1.08. The summed E-state index contributed by atoms with van der Waals surface area (Å²) in [5, 5.41) is 17.0. The molecule has 0 aliphatic heterocycles. The monoisotopic (exact) mass is 186 g/mol. The van der Waals surface area contributed by atoms with Gasteiger partial charge in [-0.25, -0.2) is 9.18 Å². The van der Waals surface area contributed by atoms with Crippen molar-refractivity contribution in [3.05, 3.63) is 24.3 Å². The molecule has 2 unspecified atom stereocenters. The van der Waals surface area contributed by atoms with E-state index in [0.717, 1.165) is 12.2 Å². The molecule has 2 atom stereocenters. The van der Waals surface area contributed by atoms with E-state index < -0.39 is 23.5 Å². The van der Waals surface area contributed by atoms with Gasteiger partial charge in [0.05, 0.1) is 0 Å². The normalized spacial score (nSPS) is 31.6. The third kappa shape index (κ3) is 1.44. The Kier molecular flexibility index (Phi) is 2.18. The summed E-state index contributed by atoms with van der Waals surface area (Å²) >= 11 is 0. The van der Waals surface area contributed by atoms with Gasteiger partial charge >= 0.3 is 11.9 Å². The Bertz CT molecular complexity index is 307. The van der Waals surface area contributed by atoms with Crippen LogP contribution in [0, 0.1) is 5.92 Å². The van der Waals surface area contributed by atoms with E-state index in [1.54, 1.807) is 0 Å². The van der Waals surface area contributed by atoms with Crippen molar-refractivity contribution in [2.45, 2.75) is 5.67 Å². The van der Waals surface area contributed by atoms with Crippen LogP contribution in [0.1, 0.15) is 0 Å². The fraction of sp³-hybridized carbons (Fsp3) is 0.250. The molecule has 0 saturated heterocycles. The summed E-state index contributed by atoms with van der Waals surface area (Å²) in [6, 6.07) is 0. The third-order valence-corrected chi connectivity index (χ3v) is 1.80. The summed E-state index contributed by atoms with van der Waals surface area (Å²) in [7, 11) is 0. The van der Waals surface area contributed by atoms with Gasteiger partial charge in [0.2, 0.25) is 5.67 Å². The van der Waals surface area contributed by atoms with Gasteiger partial charge in [0.25, 0.3) is 0 Å². The average Bonchev–Trinajstić information content (AvgIpc) is 2.04. The SMILES string of the molecule is O=C(O)C1C=CC=CC1(F)C(=O)O. The first kappa shape index (κ1) is 9.44. The highest BCUT2D eigenvalue weighted by molar-refractivity contribution is 5.89. The minimum Gasteiger partial charge on any atom is -0.481 e. The summed E-state index contributed by atoms with van der Waals surface area (Å²) in [5.74, 6) is -4.94. The lowest BCUT2D eigenvalue weighted by molar-refractivity contribution is -0.158. The van der Waals surface area contributed by atoms with Gasteiger partial charge < -0.3 is 10.2 Å². The molecule has 70 valence electrons. The molecule has 1 aliphatic rings. The molecule has 0 aromatic heterocycles. The first-order chi connectivity index (χ1) is 5.98. The predicted molar refractivity (Wildman–Crippen MR) is 40.9 cm³/mol. The van der Waals surface area contributed by atoms with Crippen molar-refractivity contribution in [3.63, 3.8) is 0 Å². The molecule has 0 spiro atoms. The predicted octanol–water partition coefficient (Wildman–Crippen LogP) is 0.606. The van der Waals surface area contributed by atoms with Crippen LogP contribution < -0.4 is 0 Å². The van der Waals surface area contributed by atoms with E-state index in [2.05, 4.69) is 0 Å². The smallest absolute Gasteiger partial charge is 0.346 e. The van der Waals surface area contributed by atoms with E-state index in [4.69, 9.17) is 10.2 Å². The Hall–Kier alpha value is -1.65. The first-order valence-corrected chi connectivity index (χ1v) is 3.49. The maximum atomic E-state index is 13.5. The number of allylic oxidation sites excluding steroid dienone is 2. The Morgan fingerprint density at radius 2 is 1.92 bits per heavy atom. The summed E-state index contributed by atoms with van der Waals surface area (Å²) < 4.78 is 13.5. The number of hydrogen-bond donors (Lipinski definition) is 2. The molecule has 0 amide bonds. The average molecular weight is 186 g/mol. The van der Waals surface area contributed by atoms with Crippen LogP contribution >= 0.6 is 0 Å². The molecular formula is C8H7FO4. The van der Waals surface area contributed by atoms with Crippen molar-refractivity contribution in [2.24, 2.45) is 5.92 Å². The lowest BCUT2D eigenvalue weighted by atomic mass is 9.85. The largest absolute Gasteiger partial charge is 0.481 e. The second-order valence-corrected chi connectivity index (χ2v) is 2.63. The van der Waals surface area contributed by atoms with Crippen molar-refractivity contribution in [1.82, 2.24) is 0 Å². The highest BCUT2D eigenvalue weighted by Gasteiger charge is 2.48. The number of carboxylic acid groups (broad SMARTS) is 2. The zero-order valence-electron chi connectivity index (χ0n) is 6.48. The minimum atomic E-state index is -2.83. The number of rotatable bonds is 2. The number of halogens is 1. The van der Waals surface area contributed by atoms with Crippen molar-refractivity contribution in [2.75, 3.05) is 0 Å². The molecule has 2 N–H and O–H groups in total. The molecule has 0 radical (unpaired) electrons. The van der Waals surface area contributed by atoms with Crippen LogP contribution in [-0.2, 0) is 9.59 Å². The number of aliphatic carboxylic acids is 2. The van der Waals surface area contributed by atoms with Crippen molar-refractivity contribution >= 4 is 11.9 Å². The molecule has 0 aromatic rings. The van der Waals surface area contributed by atoms with Crippen LogP contribution in [0.25, 0.3) is 0 Å². The van der Waals surface area contributed by atoms with Gasteiger partial charge in [0, 0.05) is 0 Å². The van der Waals surface area contributed by atoms with Gasteiger partial charge in [-0.1, -0.05) is 18.2 Å². The maximum absolute atomic E-state index is 13.5. The number of alkyl halides is 1. The maximum Gasteiger partial charge on any atom is 0.346 e. The van der Waals surface area contributed by atoms with Crippen LogP contribution in [0.3, 0.4) is 0 Å². The topological polar surface area (TPSA) is 74.6 Å². The van der Waals surface area contributed by atoms with Gasteiger partial charge in [-0.2, -0.15) is 0 Å². The Labute approximate surface area is 73.0 Å². The van der Waals surface area contributed by atoms with Crippen LogP contribution in [0.15, 0.2) is 24.3 Å². The molecule has 1 aliphatic carbocycles. The van der Waals surface area contributed by atoms with Crippen LogP contribution in [0.4, 0.5) is 4.39 Å². The highest BCUT2D eigenvalue weighted by Crippen LogP contribution is 2.29. The molecule has 0 aromatic carbocycles. The Balaban J connectivity index is 3.07. The number of carboxylic acids is 2. The number of hydrogen-bond acceptors (Lipinski definition) is 2. The fourth-order valence-electron chi connectivity index (χ4n) is 1.08. The van der Waals surface area contributed by atoms with E-state index in [9.17, 15) is 14.0 Å². The van der Waals surface area contributed by atoms with Gasteiger partial charge in [-0.15, -0.1) is 0 Å². The molecule has 0 saturated carbocycles. The van der Waals surface area contributed by atoms with Crippen molar-refractivity contribution in [3.8, 4) is 0 Å². The zero-order valence-corrected chi connectivity index (χ0v) is 6.48. The molecule has 0 bridgehead atoms. The highest BCUT2D eigenvalue weighted by atomic mass is 19.1. The van der Waals surface area contributed by atoms with Crippen LogP contribution in [0.5, 0.6) is 0 Å². The lowest BCUT2D eigenvalue weighted by Crippen LogP contribution is -2.43. The molecular weight excluding hydrogens is 179 g/mol.